The van der Waals surface area contributed by atoms with Crippen LogP contribution in [-0.4, -0.2) is 74.5 Å². The molecule has 0 amide bonds. The number of aliphatic hydroxyl groups is 1. The molecule has 2 aliphatic rings. The van der Waals surface area contributed by atoms with Crippen LogP contribution in [0.15, 0.2) is 54.6 Å². The van der Waals surface area contributed by atoms with Crippen LogP contribution in [0, 0.1) is 0 Å². The van der Waals surface area contributed by atoms with Crippen molar-refractivity contribution in [3.05, 3.63) is 60.2 Å². The highest BCUT2D eigenvalue weighted by Crippen LogP contribution is 2.39. The Morgan fingerprint density at radius 2 is 1.73 bits per heavy atom. The zero-order valence-electron chi connectivity index (χ0n) is 19.0. The fourth-order valence-electron chi connectivity index (χ4n) is 4.04. The van der Waals surface area contributed by atoms with Crippen LogP contribution in [0.3, 0.4) is 0 Å². The molecule has 8 heteroatoms. The van der Waals surface area contributed by atoms with Crippen LogP contribution in [0.25, 0.3) is 11.1 Å². The van der Waals surface area contributed by atoms with Crippen molar-refractivity contribution in [3.8, 4) is 11.1 Å². The van der Waals surface area contributed by atoms with Gasteiger partial charge in [0.1, 0.15) is 31.0 Å². The second kappa shape index (κ2) is 10.3. The molecule has 8 nitrogen and oxygen atoms in total. The van der Waals surface area contributed by atoms with E-state index in [-0.39, 0.29) is 6.61 Å². The van der Waals surface area contributed by atoms with Gasteiger partial charge in [0.25, 0.3) is 0 Å². The first-order valence-corrected chi connectivity index (χ1v) is 11.0. The largest absolute Gasteiger partial charge is 0.459 e. The zero-order chi connectivity index (χ0) is 23.4. The van der Waals surface area contributed by atoms with E-state index in [4.69, 9.17) is 28.4 Å². The van der Waals surface area contributed by atoms with Crippen LogP contribution in [0.5, 0.6) is 0 Å². The number of hydrogen-bond acceptors (Lipinski definition) is 8. The van der Waals surface area contributed by atoms with Gasteiger partial charge in [-0.15, -0.1) is 0 Å². The van der Waals surface area contributed by atoms with Gasteiger partial charge in [0.2, 0.25) is 0 Å². The highest BCUT2D eigenvalue weighted by Gasteiger charge is 2.57. The van der Waals surface area contributed by atoms with Gasteiger partial charge in [0, 0.05) is 7.11 Å². The quantitative estimate of drug-likeness (QED) is 0.453. The summed E-state index contributed by atoms with van der Waals surface area (Å²) < 4.78 is 33.8. The van der Waals surface area contributed by atoms with E-state index in [2.05, 4.69) is 0 Å². The lowest BCUT2D eigenvalue weighted by atomic mass is 10.0. The molecule has 178 valence electrons. The van der Waals surface area contributed by atoms with E-state index in [1.165, 1.54) is 0 Å². The van der Waals surface area contributed by atoms with Crippen molar-refractivity contribution >= 4 is 5.97 Å². The third kappa shape index (κ3) is 5.60. The van der Waals surface area contributed by atoms with E-state index in [0.717, 1.165) is 11.1 Å². The fraction of sp³-hybridized carbons (Fsp3) is 0.480. The molecule has 33 heavy (non-hydrogen) atoms. The summed E-state index contributed by atoms with van der Waals surface area (Å²) in [4.78, 5) is 12.5. The lowest BCUT2D eigenvalue weighted by Crippen LogP contribution is -2.45. The predicted octanol–water partition coefficient (Wildman–Crippen LogP) is 2.78. The van der Waals surface area contributed by atoms with Crippen molar-refractivity contribution in [2.24, 2.45) is 0 Å². The van der Waals surface area contributed by atoms with Crippen molar-refractivity contribution in [2.75, 3.05) is 26.9 Å². The van der Waals surface area contributed by atoms with Gasteiger partial charge in [-0.3, -0.25) is 0 Å². The van der Waals surface area contributed by atoms with E-state index in [9.17, 15) is 9.90 Å². The first-order chi connectivity index (χ1) is 15.9. The monoisotopic (exact) mass is 458 g/mol. The molecule has 2 aliphatic heterocycles. The summed E-state index contributed by atoms with van der Waals surface area (Å²) in [5, 5.41) is 10.7. The molecule has 2 saturated heterocycles. The molecule has 0 radical (unpaired) electrons. The molecule has 2 aromatic rings. The fourth-order valence-corrected chi connectivity index (χ4v) is 4.04. The van der Waals surface area contributed by atoms with Crippen LogP contribution in [0.1, 0.15) is 24.2 Å². The number of aliphatic hydroxyl groups excluding tert-OH is 1. The lowest BCUT2D eigenvalue weighted by molar-refractivity contribution is -0.231. The second-order valence-electron chi connectivity index (χ2n) is 8.51. The first-order valence-electron chi connectivity index (χ1n) is 11.0. The van der Waals surface area contributed by atoms with Gasteiger partial charge in [-0.25, -0.2) is 4.79 Å². The maximum Gasteiger partial charge on any atom is 0.338 e. The Bertz CT molecular complexity index is 914. The zero-order valence-corrected chi connectivity index (χ0v) is 19.0. The maximum absolute atomic E-state index is 12.5. The van der Waals surface area contributed by atoms with E-state index in [0.29, 0.717) is 18.8 Å². The molecule has 2 heterocycles. The molecule has 2 aromatic carbocycles. The molecule has 0 unspecified atom stereocenters. The van der Waals surface area contributed by atoms with Crippen molar-refractivity contribution in [2.45, 2.75) is 50.3 Å². The van der Waals surface area contributed by atoms with Crippen LogP contribution in [0.2, 0.25) is 0 Å². The molecule has 0 saturated carbocycles. The molecule has 0 aliphatic carbocycles. The van der Waals surface area contributed by atoms with E-state index < -0.39 is 42.5 Å². The van der Waals surface area contributed by atoms with Crippen LogP contribution in [0.4, 0.5) is 0 Å². The highest BCUT2D eigenvalue weighted by molar-refractivity contribution is 5.90. The lowest BCUT2D eigenvalue weighted by Gasteiger charge is -2.28. The summed E-state index contributed by atoms with van der Waals surface area (Å²) in [6, 6.07) is 17.0. The van der Waals surface area contributed by atoms with Gasteiger partial charge in [0.05, 0.1) is 18.8 Å². The second-order valence-corrected chi connectivity index (χ2v) is 8.51. The van der Waals surface area contributed by atoms with Crippen LogP contribution >= 0.6 is 0 Å². The number of hydrogen-bond donors (Lipinski definition) is 1. The normalized spacial score (nSPS) is 26.7. The predicted molar refractivity (Wildman–Crippen MR) is 118 cm³/mol. The molecule has 1 N–H and O–H groups in total. The van der Waals surface area contributed by atoms with E-state index in [1.807, 2.05) is 42.5 Å². The Morgan fingerprint density at radius 3 is 2.42 bits per heavy atom. The summed E-state index contributed by atoms with van der Waals surface area (Å²) in [5.41, 5.74) is 2.45. The maximum atomic E-state index is 12.5. The van der Waals surface area contributed by atoms with Crippen molar-refractivity contribution in [1.82, 2.24) is 0 Å². The number of benzene rings is 2. The Hall–Kier alpha value is -2.33. The number of carbonyl (C=O) groups is 1. The van der Waals surface area contributed by atoms with Gasteiger partial charge < -0.3 is 33.5 Å². The van der Waals surface area contributed by atoms with Gasteiger partial charge in [-0.1, -0.05) is 42.5 Å². The third-order valence-corrected chi connectivity index (χ3v) is 5.62. The summed E-state index contributed by atoms with van der Waals surface area (Å²) in [5.74, 6) is -1.34. The number of methoxy groups -OCH3 is 1. The van der Waals surface area contributed by atoms with Crippen molar-refractivity contribution < 1.29 is 38.3 Å². The topological polar surface area (TPSA) is 92.7 Å². The molecule has 5 atom stereocenters. The molecule has 0 spiro atoms. The molecular formula is C25H30O8. The van der Waals surface area contributed by atoms with Crippen LogP contribution < -0.4 is 0 Å². The Labute approximate surface area is 193 Å². The smallest absolute Gasteiger partial charge is 0.338 e. The van der Waals surface area contributed by atoms with Gasteiger partial charge >= 0.3 is 5.97 Å². The highest BCUT2D eigenvalue weighted by atomic mass is 16.8. The Balaban J connectivity index is 1.35. The van der Waals surface area contributed by atoms with Gasteiger partial charge in [-0.05, 0) is 37.1 Å². The number of rotatable bonds is 9. The van der Waals surface area contributed by atoms with Crippen molar-refractivity contribution in [1.29, 1.82) is 0 Å². The number of fused-ring (bicyclic) bond motifs is 1. The number of esters is 1. The molecule has 0 aromatic heterocycles. The minimum absolute atomic E-state index is 0.253. The molecule has 0 bridgehead atoms. The Morgan fingerprint density at radius 1 is 1.03 bits per heavy atom. The average Bonchev–Trinajstić information content (AvgIpc) is 3.30. The molecule has 2 fully saturated rings. The summed E-state index contributed by atoms with van der Waals surface area (Å²) in [7, 11) is 1.58. The van der Waals surface area contributed by atoms with Gasteiger partial charge in [-0.2, -0.15) is 0 Å². The van der Waals surface area contributed by atoms with E-state index >= 15 is 0 Å². The first kappa shape index (κ1) is 23.8. The van der Waals surface area contributed by atoms with Crippen molar-refractivity contribution in [3.63, 3.8) is 0 Å². The summed E-state index contributed by atoms with van der Waals surface area (Å²) in [6.45, 7) is 4.01. The standard InChI is InChI=1S/C25H30O8/c1-25(2)32-22-21(29-14-13-28-3)20(31-24(22)33-25)19(26)15-30-23(27)18-11-9-17(10-12-18)16-7-5-4-6-8-16/h4-12,19-22,24,26H,13-15H2,1-3H3/t19-,20-,21-,22-,24-/m1/s1. The van der Waals surface area contributed by atoms with Gasteiger partial charge in [0.15, 0.2) is 12.1 Å². The number of carbonyl (C=O) groups excluding carboxylic acids is 1. The molecule has 4 rings (SSSR count). The van der Waals surface area contributed by atoms with E-state index in [1.54, 1.807) is 33.1 Å². The minimum atomic E-state index is -1.12. The summed E-state index contributed by atoms with van der Waals surface area (Å²) >= 11 is 0. The third-order valence-electron chi connectivity index (χ3n) is 5.62. The van der Waals surface area contributed by atoms with Crippen LogP contribution in [-0.2, 0) is 28.4 Å². The number of ether oxygens (including phenoxy) is 6. The molecular weight excluding hydrogens is 428 g/mol. The summed E-state index contributed by atoms with van der Waals surface area (Å²) in [6.07, 6.45) is -3.66. The Kier molecular flexibility index (Phi) is 7.43. The SMILES string of the molecule is COCCO[C@H]1[C@H]2OC(C)(C)O[C@H]2O[C@@H]1[C@H](O)COC(=O)c1ccc(-c2ccccc2)cc1. The minimum Gasteiger partial charge on any atom is -0.459 e. The average molecular weight is 459 g/mol.